The Labute approximate surface area is 145 Å². The first-order valence-corrected chi connectivity index (χ1v) is 8.20. The molecule has 0 saturated heterocycles. The summed E-state index contributed by atoms with van der Waals surface area (Å²) < 4.78 is 1.94. The van der Waals surface area contributed by atoms with E-state index < -0.39 is 11.6 Å². The summed E-state index contributed by atoms with van der Waals surface area (Å²) in [5.41, 5.74) is 2.24. The van der Waals surface area contributed by atoms with Gasteiger partial charge in [-0.3, -0.25) is 9.59 Å². The third kappa shape index (κ3) is 2.95. The van der Waals surface area contributed by atoms with Gasteiger partial charge in [0.1, 0.15) is 0 Å². The van der Waals surface area contributed by atoms with Crippen LogP contribution in [0.5, 0.6) is 0 Å². The largest absolute Gasteiger partial charge is 0.285 e. The lowest BCUT2D eigenvalue weighted by Gasteiger charge is -2.19. The van der Waals surface area contributed by atoms with Gasteiger partial charge in [0.15, 0.2) is 0 Å². The molecule has 2 aliphatic carbocycles. The average molecular weight is 490 g/mol. The zero-order valence-corrected chi connectivity index (χ0v) is 15.2. The number of ketones is 2. The lowest BCUT2D eigenvalue weighted by atomic mass is 9.82. The minimum atomic E-state index is -0.472. The van der Waals surface area contributed by atoms with Gasteiger partial charge < -0.3 is 0 Å². The van der Waals surface area contributed by atoms with Crippen LogP contribution in [0.3, 0.4) is 0 Å². The molecule has 2 rings (SSSR count). The van der Waals surface area contributed by atoms with E-state index >= 15 is 0 Å². The van der Waals surface area contributed by atoms with E-state index in [4.69, 9.17) is 0 Å². The van der Waals surface area contributed by atoms with Crippen molar-refractivity contribution in [1.82, 2.24) is 0 Å². The maximum atomic E-state index is 12.3. The molecular weight excluding hydrogens is 478 g/mol. The molecule has 0 saturated carbocycles. The molecule has 0 aromatic rings. The van der Waals surface area contributed by atoms with Crippen molar-refractivity contribution >= 4 is 56.7 Å². The van der Waals surface area contributed by atoms with E-state index in [0.717, 1.165) is 19.2 Å². The van der Waals surface area contributed by atoms with Crippen molar-refractivity contribution in [3.63, 3.8) is 0 Å². The highest BCUT2D eigenvalue weighted by Crippen LogP contribution is 2.35. The lowest BCUT2D eigenvalue weighted by molar-refractivity contribution is -0.132. The third-order valence-electron chi connectivity index (χ3n) is 3.09. The maximum absolute atomic E-state index is 12.3. The first-order valence-electron chi connectivity index (χ1n) is 6.04. The normalized spacial score (nSPS) is 22.1. The summed E-state index contributed by atoms with van der Waals surface area (Å²) in [6, 6.07) is 0. The van der Waals surface area contributed by atoms with Gasteiger partial charge in [0.05, 0.1) is 0 Å². The van der Waals surface area contributed by atoms with Gasteiger partial charge in [0.25, 0.3) is 0 Å². The van der Waals surface area contributed by atoms with Crippen LogP contribution in [-0.4, -0.2) is 11.6 Å². The van der Waals surface area contributed by atoms with Crippen molar-refractivity contribution in [3.8, 4) is 0 Å². The van der Waals surface area contributed by atoms with Crippen LogP contribution in [0.1, 0.15) is 13.3 Å². The summed E-state index contributed by atoms with van der Waals surface area (Å²) in [6.45, 7) is 5.89. The molecule has 0 fully saturated rings. The van der Waals surface area contributed by atoms with Crippen LogP contribution in [0.4, 0.5) is 0 Å². The molecule has 20 heavy (non-hydrogen) atoms. The predicted octanol–water partition coefficient (Wildman–Crippen LogP) is 4.54. The van der Waals surface area contributed by atoms with Gasteiger partial charge in [-0.15, -0.1) is 0 Å². The number of hydrogen-bond donors (Lipinski definition) is 0. The second-order valence-corrected chi connectivity index (χ2v) is 7.02. The highest BCUT2D eigenvalue weighted by atomic mass is 127. The fourth-order valence-corrected chi connectivity index (χ4v) is 2.90. The zero-order chi connectivity index (χ0) is 14.9. The Morgan fingerprint density at radius 3 is 2.65 bits per heavy atom. The highest BCUT2D eigenvalue weighted by molar-refractivity contribution is 14.1. The number of hydrogen-bond acceptors (Lipinski definition) is 2. The van der Waals surface area contributed by atoms with Gasteiger partial charge in [0, 0.05) is 14.7 Å². The van der Waals surface area contributed by atoms with Crippen molar-refractivity contribution < 1.29 is 9.59 Å². The van der Waals surface area contributed by atoms with Gasteiger partial charge >= 0.3 is 0 Å². The Morgan fingerprint density at radius 2 is 2.00 bits per heavy atom. The molecule has 0 aliphatic heterocycles. The van der Waals surface area contributed by atoms with E-state index in [2.05, 4.69) is 51.8 Å². The van der Waals surface area contributed by atoms with E-state index in [1.807, 2.05) is 25.2 Å². The van der Waals surface area contributed by atoms with E-state index in [9.17, 15) is 9.59 Å². The number of carbonyl (C=O) groups excluding carboxylic acids is 2. The first kappa shape index (κ1) is 15.6. The van der Waals surface area contributed by atoms with E-state index in [1.165, 1.54) is 0 Å². The summed E-state index contributed by atoms with van der Waals surface area (Å²) in [6.07, 6.45) is 10.1. The maximum Gasteiger partial charge on any atom is 0.234 e. The van der Waals surface area contributed by atoms with Crippen LogP contribution in [-0.2, 0) is 9.59 Å². The van der Waals surface area contributed by atoms with Gasteiger partial charge in [-0.2, -0.15) is 0 Å². The van der Waals surface area contributed by atoms with Crippen molar-refractivity contribution in [3.05, 3.63) is 66.4 Å². The molecule has 4 heteroatoms. The molecule has 102 valence electrons. The predicted molar refractivity (Wildman–Crippen MR) is 97.9 cm³/mol. The number of halogens is 2. The minimum absolute atomic E-state index is 0.395. The molecule has 0 unspecified atom stereocenters. The quantitative estimate of drug-likeness (QED) is 0.308. The number of allylic oxidation sites excluding steroid dienone is 11. The Morgan fingerprint density at radius 1 is 1.30 bits per heavy atom. The van der Waals surface area contributed by atoms with E-state index in [0.29, 0.717) is 16.7 Å². The molecule has 2 nitrogen and oxygen atoms in total. The zero-order valence-electron chi connectivity index (χ0n) is 10.9. The van der Waals surface area contributed by atoms with E-state index in [-0.39, 0.29) is 0 Å². The van der Waals surface area contributed by atoms with Crippen LogP contribution in [0.25, 0.3) is 0 Å². The minimum Gasteiger partial charge on any atom is -0.285 e. The molecule has 0 N–H and O–H groups in total. The number of carbonyl (C=O) groups is 2. The molecule has 0 heterocycles. The van der Waals surface area contributed by atoms with Gasteiger partial charge in [0.2, 0.25) is 11.6 Å². The summed E-state index contributed by atoms with van der Waals surface area (Å²) in [5, 5.41) is 0. The fourth-order valence-electron chi connectivity index (χ4n) is 2.02. The smallest absolute Gasteiger partial charge is 0.234 e. The fraction of sp³-hybridized carbons (Fsp3) is 0.125. The molecule has 0 radical (unpaired) electrons. The standard InChI is InChI=1S/C16H12I2O2/c1-3-10(17)7-13-9(2)12-6-4-5-11(18)8-14(12)16(20)15(13)19/h3-4,6-8H,2,5H2,1H3/b10-3+,13-7+. The Hall–Kier alpha value is -0.760. The second-order valence-electron chi connectivity index (χ2n) is 4.39. The molecule has 0 bridgehead atoms. The molecule has 0 aromatic carbocycles. The third-order valence-corrected chi connectivity index (χ3v) is 4.78. The Balaban J connectivity index is 2.64. The first-order chi connectivity index (χ1) is 9.45. The lowest BCUT2D eigenvalue weighted by Crippen LogP contribution is -2.25. The van der Waals surface area contributed by atoms with Crippen molar-refractivity contribution in [2.75, 3.05) is 0 Å². The summed E-state index contributed by atoms with van der Waals surface area (Å²) in [4.78, 5) is 24.6. The van der Waals surface area contributed by atoms with Crippen LogP contribution >= 0.6 is 45.2 Å². The molecule has 0 amide bonds. The average Bonchev–Trinajstić information content (AvgIpc) is 2.62. The molecular formula is C16H12I2O2. The van der Waals surface area contributed by atoms with Gasteiger partial charge in [-0.25, -0.2) is 0 Å². The van der Waals surface area contributed by atoms with E-state index in [1.54, 1.807) is 12.2 Å². The molecule has 0 atom stereocenters. The topological polar surface area (TPSA) is 34.1 Å². The van der Waals surface area contributed by atoms with Crippen molar-refractivity contribution in [2.45, 2.75) is 13.3 Å². The number of rotatable bonds is 1. The van der Waals surface area contributed by atoms with Crippen LogP contribution < -0.4 is 0 Å². The molecule has 0 aromatic heterocycles. The van der Waals surface area contributed by atoms with Crippen LogP contribution in [0, 0.1) is 0 Å². The van der Waals surface area contributed by atoms with Gasteiger partial charge in [-0.1, -0.05) is 24.8 Å². The summed E-state index contributed by atoms with van der Waals surface area (Å²) in [7, 11) is 0. The van der Waals surface area contributed by atoms with Crippen molar-refractivity contribution in [1.29, 1.82) is 0 Å². The Bertz CT molecular complexity index is 671. The van der Waals surface area contributed by atoms with Crippen LogP contribution in [0.2, 0.25) is 0 Å². The van der Waals surface area contributed by atoms with Crippen LogP contribution in [0.15, 0.2) is 66.4 Å². The monoisotopic (exact) mass is 490 g/mol. The number of Topliss-reactive ketones (excluding diaryl/α,β-unsaturated/α-hetero) is 2. The summed E-state index contributed by atoms with van der Waals surface area (Å²) >= 11 is 4.31. The highest BCUT2D eigenvalue weighted by Gasteiger charge is 2.32. The SMILES string of the molecule is C=C1C2=C(C=C(I)CC=C2)C(=O)C(=O)/C1=C/C(I)=C\C. The second kappa shape index (κ2) is 6.34. The molecule has 2 aliphatic rings. The van der Waals surface area contributed by atoms with Crippen molar-refractivity contribution in [2.24, 2.45) is 0 Å². The molecule has 0 spiro atoms. The summed E-state index contributed by atoms with van der Waals surface area (Å²) in [5.74, 6) is -0.916. The Kier molecular flexibility index (Phi) is 4.95. The van der Waals surface area contributed by atoms with Gasteiger partial charge in [-0.05, 0) is 85.4 Å².